The summed E-state index contributed by atoms with van der Waals surface area (Å²) in [6.45, 7) is 4.18. The summed E-state index contributed by atoms with van der Waals surface area (Å²) in [6.07, 6.45) is 112. The molecule has 0 spiro atoms. The van der Waals surface area contributed by atoms with Gasteiger partial charge in [-0.1, -0.05) is 311 Å². The van der Waals surface area contributed by atoms with E-state index in [4.69, 9.17) is 18.5 Å². The molecule has 2 atom stereocenters. The average molecular weight is 1320 g/mol. The second kappa shape index (κ2) is 72.1. The van der Waals surface area contributed by atoms with Crippen LogP contribution in [0.4, 0.5) is 0 Å². The van der Waals surface area contributed by atoms with Gasteiger partial charge in [0.15, 0.2) is 6.10 Å². The molecule has 0 bridgehead atoms. The number of hydrogen-bond donors (Lipinski definition) is 1. The monoisotopic (exact) mass is 1320 g/mol. The summed E-state index contributed by atoms with van der Waals surface area (Å²) in [5, 5.41) is 0. The van der Waals surface area contributed by atoms with Gasteiger partial charge >= 0.3 is 19.8 Å². The highest BCUT2D eigenvalue weighted by atomic mass is 31.2. The summed E-state index contributed by atoms with van der Waals surface area (Å²) >= 11 is 0. The van der Waals surface area contributed by atoms with Gasteiger partial charge in [0.25, 0.3) is 0 Å². The van der Waals surface area contributed by atoms with Gasteiger partial charge < -0.3 is 18.9 Å². The lowest BCUT2D eigenvalue weighted by molar-refractivity contribution is -0.870. The zero-order valence-electron chi connectivity index (χ0n) is 60.4. The van der Waals surface area contributed by atoms with Crippen molar-refractivity contribution in [3.63, 3.8) is 0 Å². The van der Waals surface area contributed by atoms with Gasteiger partial charge in [0, 0.05) is 12.8 Å². The minimum atomic E-state index is -4.41. The zero-order valence-corrected chi connectivity index (χ0v) is 61.3. The summed E-state index contributed by atoms with van der Waals surface area (Å²) < 4.78 is 34.7. The van der Waals surface area contributed by atoms with Crippen molar-refractivity contribution in [3.8, 4) is 0 Å². The quantitative estimate of drug-likeness (QED) is 0.0211. The van der Waals surface area contributed by atoms with E-state index in [2.05, 4.69) is 208 Å². The first kappa shape index (κ1) is 88.8. The number of nitrogens with zero attached hydrogens (tertiary/aromatic N) is 1. The number of quaternary nitrogens is 1. The number of carbonyl (C=O) groups excluding carboxylic acids is 2. The van der Waals surface area contributed by atoms with E-state index >= 15 is 0 Å². The lowest BCUT2D eigenvalue weighted by Crippen LogP contribution is -2.37. The standard InChI is InChI=1S/C84H136NO8P/c1-6-8-10-12-14-16-18-20-22-24-26-28-30-32-34-36-38-39-40-41-42-43-44-45-47-49-51-53-55-57-59-61-63-65-67-69-71-73-75-77-84(87)93-82(81-92-94(88,89)91-79-78-85(3,4)5)80-90-83(86)76-74-72-70-68-66-64-62-60-58-56-54-52-50-48-46-37-35-33-31-29-27-25-23-21-19-17-15-13-11-9-7-2/h8-11,14-17,20-23,26-29,32-35,38-39,41-42,44-46,48-49,51,55,57,82H,6-7,12-13,18-19,24-25,30-31,36-37,40,43,47,50,52-54,56,58-81H2,1-5H3/p+1/b10-8-,11-9-,16-14-,17-15-,22-20-,23-21-,28-26-,29-27-,34-32-,35-33-,39-38-,42-41-,45-44-,48-46-,51-49-,57-55-. The Kier molecular flexibility index (Phi) is 68.2. The van der Waals surface area contributed by atoms with Gasteiger partial charge in [0.2, 0.25) is 0 Å². The van der Waals surface area contributed by atoms with E-state index in [9.17, 15) is 19.0 Å². The first-order valence-corrected chi connectivity index (χ1v) is 38.7. The number of allylic oxidation sites excluding steroid dienone is 32. The highest BCUT2D eigenvalue weighted by Crippen LogP contribution is 2.43. The van der Waals surface area contributed by atoms with Crippen LogP contribution in [0.1, 0.15) is 271 Å². The van der Waals surface area contributed by atoms with Crippen molar-refractivity contribution in [2.75, 3.05) is 47.5 Å². The van der Waals surface area contributed by atoms with E-state index in [0.29, 0.717) is 17.4 Å². The molecule has 530 valence electrons. The second-order valence-corrected chi connectivity index (χ2v) is 26.7. The van der Waals surface area contributed by atoms with E-state index in [-0.39, 0.29) is 32.0 Å². The predicted molar refractivity (Wildman–Crippen MR) is 408 cm³/mol. The van der Waals surface area contributed by atoms with Crippen LogP contribution in [-0.4, -0.2) is 74.9 Å². The topological polar surface area (TPSA) is 108 Å². The van der Waals surface area contributed by atoms with Gasteiger partial charge in [-0.05, 0) is 141 Å². The van der Waals surface area contributed by atoms with Crippen LogP contribution in [0, 0.1) is 0 Å². The van der Waals surface area contributed by atoms with Gasteiger partial charge in [-0.2, -0.15) is 0 Å². The summed E-state index contributed by atoms with van der Waals surface area (Å²) in [7, 11) is 1.45. The highest BCUT2D eigenvalue weighted by Gasteiger charge is 2.27. The molecule has 94 heavy (non-hydrogen) atoms. The van der Waals surface area contributed by atoms with Gasteiger partial charge in [0.05, 0.1) is 27.7 Å². The fourth-order valence-electron chi connectivity index (χ4n) is 9.52. The van der Waals surface area contributed by atoms with E-state index < -0.39 is 26.5 Å². The number of unbranched alkanes of at least 4 members (excludes halogenated alkanes) is 20. The molecule has 0 saturated carbocycles. The van der Waals surface area contributed by atoms with Crippen LogP contribution in [0.15, 0.2) is 194 Å². The third kappa shape index (κ3) is 75.9. The third-order valence-corrected chi connectivity index (χ3v) is 16.1. The smallest absolute Gasteiger partial charge is 0.462 e. The van der Waals surface area contributed by atoms with Crippen molar-refractivity contribution < 1.29 is 42.1 Å². The molecule has 0 fully saturated rings. The van der Waals surface area contributed by atoms with E-state index in [0.717, 1.165) is 148 Å². The minimum Gasteiger partial charge on any atom is -0.462 e. The van der Waals surface area contributed by atoms with Crippen molar-refractivity contribution in [1.82, 2.24) is 0 Å². The Hall–Kier alpha value is -5.15. The van der Waals surface area contributed by atoms with E-state index in [1.807, 2.05) is 21.1 Å². The number of likely N-dealkylation sites (N-methyl/N-ethyl adjacent to an activating group) is 1. The number of phosphoric ester groups is 1. The molecular weight excluding hydrogens is 1180 g/mol. The number of carbonyl (C=O) groups is 2. The fraction of sp³-hybridized carbons (Fsp3) is 0.595. The third-order valence-electron chi connectivity index (χ3n) is 15.1. The van der Waals surface area contributed by atoms with Gasteiger partial charge in [-0.3, -0.25) is 18.6 Å². The number of rotatable bonds is 66. The lowest BCUT2D eigenvalue weighted by Gasteiger charge is -2.24. The second-order valence-electron chi connectivity index (χ2n) is 25.2. The molecule has 1 N–H and O–H groups in total. The molecule has 2 unspecified atom stereocenters. The van der Waals surface area contributed by atoms with Crippen LogP contribution in [0.3, 0.4) is 0 Å². The van der Waals surface area contributed by atoms with Crippen molar-refractivity contribution in [3.05, 3.63) is 194 Å². The van der Waals surface area contributed by atoms with E-state index in [1.165, 1.54) is 89.9 Å². The Balaban J connectivity index is 4.13. The maximum absolute atomic E-state index is 12.9. The maximum atomic E-state index is 12.9. The molecule has 0 aromatic carbocycles. The van der Waals surface area contributed by atoms with Gasteiger partial charge in [-0.15, -0.1) is 0 Å². The van der Waals surface area contributed by atoms with Crippen LogP contribution >= 0.6 is 7.82 Å². The van der Waals surface area contributed by atoms with Crippen LogP contribution < -0.4 is 0 Å². The fourth-order valence-corrected chi connectivity index (χ4v) is 10.3. The average Bonchev–Trinajstić information content (AvgIpc) is 1.56. The summed E-state index contributed by atoms with van der Waals surface area (Å²) in [6, 6.07) is 0. The van der Waals surface area contributed by atoms with Crippen LogP contribution in [0.5, 0.6) is 0 Å². The molecule has 0 amide bonds. The van der Waals surface area contributed by atoms with Crippen LogP contribution in [0.2, 0.25) is 0 Å². The Labute approximate surface area is 577 Å². The molecule has 0 aliphatic carbocycles. The molecule has 10 heteroatoms. The van der Waals surface area contributed by atoms with E-state index in [1.54, 1.807) is 0 Å². The van der Waals surface area contributed by atoms with Crippen LogP contribution in [-0.2, 0) is 32.7 Å². The first-order chi connectivity index (χ1) is 46.0. The molecule has 0 saturated heterocycles. The van der Waals surface area contributed by atoms with Crippen molar-refractivity contribution in [2.45, 2.75) is 277 Å². The maximum Gasteiger partial charge on any atom is 0.472 e. The molecular formula is C84H137NO8P+. The number of phosphoric acid groups is 1. The number of ether oxygens (including phenoxy) is 2. The highest BCUT2D eigenvalue weighted by molar-refractivity contribution is 7.47. The molecule has 0 aliphatic heterocycles. The summed E-state index contributed by atoms with van der Waals surface area (Å²) in [4.78, 5) is 35.9. The van der Waals surface area contributed by atoms with Gasteiger partial charge in [0.1, 0.15) is 19.8 Å². The molecule has 0 aliphatic rings. The molecule has 0 aromatic rings. The first-order valence-electron chi connectivity index (χ1n) is 37.2. The Morgan fingerprint density at radius 2 is 0.574 bits per heavy atom. The van der Waals surface area contributed by atoms with Crippen molar-refractivity contribution in [1.29, 1.82) is 0 Å². The SMILES string of the molecule is CC/C=C\C/C=C\C/C=C\C/C=C\C/C=C\C/C=C\C/C=C\C/C=C\C/C=C\C/C=C\CCCCCCCCCCC(=O)OC(COC(=O)CCCCCCCCCCCCCC/C=C\C/C=C\C/C=C\C/C=C\C/C=C\C/C=C\CC)COP(=O)(O)OCC[N+](C)(C)C. The lowest BCUT2D eigenvalue weighted by atomic mass is 10.0. The molecule has 9 nitrogen and oxygen atoms in total. The Morgan fingerprint density at radius 3 is 0.851 bits per heavy atom. The molecule has 0 heterocycles. The Morgan fingerprint density at radius 1 is 0.330 bits per heavy atom. The van der Waals surface area contributed by atoms with Crippen LogP contribution in [0.25, 0.3) is 0 Å². The van der Waals surface area contributed by atoms with Gasteiger partial charge in [-0.25, -0.2) is 4.57 Å². The Bertz CT molecular complexity index is 2290. The van der Waals surface area contributed by atoms with Crippen molar-refractivity contribution in [2.24, 2.45) is 0 Å². The number of hydrogen-bond acceptors (Lipinski definition) is 7. The summed E-state index contributed by atoms with van der Waals surface area (Å²) in [5.74, 6) is -0.819. The largest absolute Gasteiger partial charge is 0.472 e. The van der Waals surface area contributed by atoms with Crippen molar-refractivity contribution >= 4 is 19.8 Å². The molecule has 0 radical (unpaired) electrons. The zero-order chi connectivity index (χ0) is 68.3. The number of esters is 2. The molecule has 0 aromatic heterocycles. The summed E-state index contributed by atoms with van der Waals surface area (Å²) in [5.41, 5.74) is 0. The predicted octanol–water partition coefficient (Wildman–Crippen LogP) is 24.8. The normalized spacial score (nSPS) is 14.2. The molecule has 0 rings (SSSR count). The minimum absolute atomic E-state index is 0.0200.